The maximum atomic E-state index is 11.8. The van der Waals surface area contributed by atoms with Crippen LogP contribution < -0.4 is 10.6 Å². The lowest BCUT2D eigenvalue weighted by Gasteiger charge is -2.07. The molecule has 0 saturated heterocycles. The van der Waals surface area contributed by atoms with E-state index in [2.05, 4.69) is 20.6 Å². The third-order valence-electron chi connectivity index (χ3n) is 3.32. The lowest BCUT2D eigenvalue weighted by Crippen LogP contribution is -2.23. The first-order valence-corrected chi connectivity index (χ1v) is 7.50. The summed E-state index contributed by atoms with van der Waals surface area (Å²) in [4.78, 5) is 21.7. The number of rotatable bonds is 3. The number of hydrogen-bond acceptors (Lipinski definition) is 5. The third-order valence-corrected chi connectivity index (χ3v) is 4.17. The molecule has 1 aromatic heterocycles. The number of nitrogens with zero attached hydrogens (tertiary/aromatic N) is 2. The van der Waals surface area contributed by atoms with Gasteiger partial charge in [-0.25, -0.2) is 9.97 Å². The molecule has 1 unspecified atom stereocenters. The Morgan fingerprint density at radius 2 is 1.90 bits per heavy atom. The molecule has 2 heterocycles. The zero-order valence-corrected chi connectivity index (χ0v) is 12.9. The van der Waals surface area contributed by atoms with E-state index in [0.717, 1.165) is 32.7 Å². The zero-order chi connectivity index (χ0) is 15.0. The smallest absolute Gasteiger partial charge is 0.246 e. The van der Waals surface area contributed by atoms with Gasteiger partial charge in [0.25, 0.3) is 0 Å². The first-order valence-electron chi connectivity index (χ1n) is 6.69. The van der Waals surface area contributed by atoms with Crippen LogP contribution in [0.25, 0.3) is 0 Å². The van der Waals surface area contributed by atoms with Crippen molar-refractivity contribution in [3.8, 4) is 0 Å². The molecule has 0 spiro atoms. The van der Waals surface area contributed by atoms with Crippen molar-refractivity contribution < 1.29 is 4.79 Å². The number of fused-ring (bicyclic) bond motifs is 1. The van der Waals surface area contributed by atoms with Crippen molar-refractivity contribution in [3.05, 3.63) is 41.2 Å². The van der Waals surface area contributed by atoms with E-state index in [1.807, 2.05) is 38.1 Å². The van der Waals surface area contributed by atoms with Gasteiger partial charge < -0.3 is 10.6 Å². The van der Waals surface area contributed by atoms with Gasteiger partial charge in [0.1, 0.15) is 6.04 Å². The van der Waals surface area contributed by atoms with Crippen molar-refractivity contribution in [1.29, 1.82) is 0 Å². The van der Waals surface area contributed by atoms with Crippen LogP contribution in [-0.2, 0) is 4.79 Å². The Hall–Kier alpha value is -1.92. The molecule has 5 nitrogen and oxygen atoms in total. The van der Waals surface area contributed by atoms with Crippen molar-refractivity contribution in [2.24, 2.45) is 0 Å². The Kier molecular flexibility index (Phi) is 3.65. The number of carbonyl (C=O) groups excluding carboxylic acids is 1. The quantitative estimate of drug-likeness (QED) is 0.852. The number of benzene rings is 1. The molecular weight excluding hydrogens is 284 g/mol. The summed E-state index contributed by atoms with van der Waals surface area (Å²) in [6.45, 7) is 3.92. The van der Waals surface area contributed by atoms with Crippen molar-refractivity contribution in [2.45, 2.75) is 29.9 Å². The Balaban J connectivity index is 1.88. The van der Waals surface area contributed by atoms with Crippen LogP contribution in [0.3, 0.4) is 0 Å². The molecule has 1 aliphatic heterocycles. The van der Waals surface area contributed by atoms with Crippen molar-refractivity contribution in [3.63, 3.8) is 0 Å². The van der Waals surface area contributed by atoms with Crippen molar-refractivity contribution in [2.75, 3.05) is 12.4 Å². The van der Waals surface area contributed by atoms with E-state index in [1.54, 1.807) is 7.05 Å². The van der Waals surface area contributed by atoms with Crippen LogP contribution in [0.2, 0.25) is 0 Å². The zero-order valence-electron chi connectivity index (χ0n) is 12.1. The van der Waals surface area contributed by atoms with Gasteiger partial charge in [0, 0.05) is 27.5 Å². The molecule has 108 valence electrons. The van der Waals surface area contributed by atoms with Gasteiger partial charge in [0.05, 0.1) is 0 Å². The van der Waals surface area contributed by atoms with E-state index in [-0.39, 0.29) is 11.9 Å². The Morgan fingerprint density at radius 3 is 2.57 bits per heavy atom. The first kappa shape index (κ1) is 14.0. The summed E-state index contributed by atoms with van der Waals surface area (Å²) in [7, 11) is 1.78. The summed E-state index contributed by atoms with van der Waals surface area (Å²) in [5.74, 6) is -0.0164. The van der Waals surface area contributed by atoms with Gasteiger partial charge in [0.15, 0.2) is 5.16 Å². The second kappa shape index (κ2) is 5.46. The van der Waals surface area contributed by atoms with E-state index < -0.39 is 0 Å². The molecule has 0 aliphatic carbocycles. The Morgan fingerprint density at radius 1 is 1.19 bits per heavy atom. The number of nitrogens with one attached hydrogen (secondary N) is 2. The minimum absolute atomic E-state index is 0.0164. The molecule has 1 amide bonds. The fourth-order valence-corrected chi connectivity index (χ4v) is 3.34. The second-order valence-electron chi connectivity index (χ2n) is 5.00. The maximum Gasteiger partial charge on any atom is 0.246 e. The molecule has 0 saturated carbocycles. The molecule has 0 fully saturated rings. The second-order valence-corrected chi connectivity index (χ2v) is 6.04. The lowest BCUT2D eigenvalue weighted by molar-refractivity contribution is -0.117. The van der Waals surface area contributed by atoms with Crippen LogP contribution in [0.15, 0.2) is 34.3 Å². The molecule has 3 rings (SSSR count). The van der Waals surface area contributed by atoms with E-state index in [9.17, 15) is 4.79 Å². The average molecular weight is 300 g/mol. The van der Waals surface area contributed by atoms with Crippen LogP contribution in [-0.4, -0.2) is 22.9 Å². The highest BCUT2D eigenvalue weighted by Gasteiger charge is 2.29. The van der Waals surface area contributed by atoms with Gasteiger partial charge in [-0.1, -0.05) is 6.07 Å². The molecule has 6 heteroatoms. The predicted octanol–water partition coefficient (Wildman–Crippen LogP) is 2.46. The summed E-state index contributed by atoms with van der Waals surface area (Å²) in [5, 5.41) is 6.63. The number of carbonyl (C=O) groups is 1. The van der Waals surface area contributed by atoms with E-state index in [1.165, 1.54) is 11.8 Å². The summed E-state index contributed by atoms with van der Waals surface area (Å²) < 4.78 is 0. The largest absolute Gasteiger partial charge is 0.324 e. The Bertz CT molecular complexity index is 697. The third kappa shape index (κ3) is 2.77. The fraction of sp³-hybridized carbons (Fsp3) is 0.267. The van der Waals surface area contributed by atoms with Crippen LogP contribution >= 0.6 is 11.8 Å². The highest BCUT2D eigenvalue weighted by atomic mass is 32.2. The molecule has 2 N–H and O–H groups in total. The van der Waals surface area contributed by atoms with Gasteiger partial charge in [0.2, 0.25) is 5.91 Å². The topological polar surface area (TPSA) is 66.9 Å². The van der Waals surface area contributed by atoms with Gasteiger partial charge in [-0.2, -0.15) is 0 Å². The van der Waals surface area contributed by atoms with Crippen LogP contribution in [0.4, 0.5) is 5.69 Å². The van der Waals surface area contributed by atoms with Crippen molar-refractivity contribution >= 4 is 23.4 Å². The number of aryl methyl sites for hydroxylation is 2. The van der Waals surface area contributed by atoms with Crippen LogP contribution in [0.1, 0.15) is 23.0 Å². The molecule has 0 bridgehead atoms. The Labute approximate surface area is 127 Å². The monoisotopic (exact) mass is 300 g/mol. The minimum Gasteiger partial charge on any atom is -0.324 e. The predicted molar refractivity (Wildman–Crippen MR) is 82.5 cm³/mol. The van der Waals surface area contributed by atoms with Gasteiger partial charge >= 0.3 is 0 Å². The first-order chi connectivity index (χ1) is 10.1. The highest BCUT2D eigenvalue weighted by Crippen LogP contribution is 2.35. The summed E-state index contributed by atoms with van der Waals surface area (Å²) in [6, 6.07) is 7.62. The maximum absolute atomic E-state index is 11.8. The molecular formula is C15H16N4OS. The molecule has 0 radical (unpaired) electrons. The normalized spacial score (nSPS) is 16.7. The summed E-state index contributed by atoms with van der Waals surface area (Å²) in [5.41, 5.74) is 3.74. The standard InChI is InChI=1S/C15H16N4OS/c1-8-6-9(2)18-15(17-8)21-10-4-5-11-12(7-10)19-14(20)13(11)16-3/h4-7,13,16H,1-3H3,(H,19,20). The number of amides is 1. The van der Waals surface area contributed by atoms with Crippen molar-refractivity contribution in [1.82, 2.24) is 15.3 Å². The average Bonchev–Trinajstić information content (AvgIpc) is 2.71. The summed E-state index contributed by atoms with van der Waals surface area (Å²) >= 11 is 1.50. The van der Waals surface area contributed by atoms with Crippen LogP contribution in [0, 0.1) is 13.8 Å². The number of likely N-dealkylation sites (N-methyl/N-ethyl adjacent to an activating group) is 1. The molecule has 21 heavy (non-hydrogen) atoms. The van der Waals surface area contributed by atoms with Crippen LogP contribution in [0.5, 0.6) is 0 Å². The number of hydrogen-bond donors (Lipinski definition) is 2. The SMILES string of the molecule is CNC1C(=O)Nc2cc(Sc3nc(C)cc(C)n3)ccc21. The molecule has 1 aromatic carbocycles. The fourth-order valence-electron chi connectivity index (χ4n) is 2.44. The lowest BCUT2D eigenvalue weighted by atomic mass is 10.1. The molecule has 2 aromatic rings. The van der Waals surface area contributed by atoms with E-state index in [4.69, 9.17) is 0 Å². The highest BCUT2D eigenvalue weighted by molar-refractivity contribution is 7.99. The molecule has 1 aliphatic rings. The van der Waals surface area contributed by atoms with Gasteiger partial charge in [-0.3, -0.25) is 4.79 Å². The number of aromatic nitrogens is 2. The van der Waals surface area contributed by atoms with E-state index >= 15 is 0 Å². The van der Waals surface area contributed by atoms with Gasteiger partial charge in [-0.15, -0.1) is 0 Å². The summed E-state index contributed by atoms with van der Waals surface area (Å²) in [6.07, 6.45) is 0. The minimum atomic E-state index is -0.267. The molecule has 1 atom stereocenters. The number of anilines is 1. The van der Waals surface area contributed by atoms with Gasteiger partial charge in [-0.05, 0) is 50.9 Å². The van der Waals surface area contributed by atoms with E-state index in [0.29, 0.717) is 0 Å².